The molecule has 0 radical (unpaired) electrons. The summed E-state index contributed by atoms with van der Waals surface area (Å²) in [5.41, 5.74) is 4.77. The lowest BCUT2D eigenvalue weighted by Gasteiger charge is -2.10. The van der Waals surface area contributed by atoms with Crippen LogP contribution in [0.3, 0.4) is 0 Å². The molecule has 0 fully saturated rings. The molecular weight excluding hydrogens is 326 g/mol. The number of hydrogen-bond acceptors (Lipinski definition) is 4. The van der Waals surface area contributed by atoms with Crippen molar-refractivity contribution in [2.24, 2.45) is 10.2 Å². The van der Waals surface area contributed by atoms with E-state index in [2.05, 4.69) is 15.5 Å². The van der Waals surface area contributed by atoms with E-state index in [-0.39, 0.29) is 11.7 Å². The van der Waals surface area contributed by atoms with Gasteiger partial charge in [0.05, 0.1) is 5.69 Å². The number of benzene rings is 3. The molecule has 2 N–H and O–H groups in total. The molecule has 0 spiro atoms. The predicted molar refractivity (Wildman–Crippen MR) is 103 cm³/mol. The van der Waals surface area contributed by atoms with Gasteiger partial charge in [-0.1, -0.05) is 36.4 Å². The lowest BCUT2D eigenvalue weighted by atomic mass is 10.0. The maximum absolute atomic E-state index is 11.4. The number of amides is 1. The molecule has 0 bridgehead atoms. The fraction of sp³-hybridized carbons (Fsp3) is 0.0952. The van der Waals surface area contributed by atoms with Crippen LogP contribution in [0.2, 0.25) is 0 Å². The summed E-state index contributed by atoms with van der Waals surface area (Å²) in [4.78, 5) is 11.4. The number of rotatable bonds is 4. The first kappa shape index (κ1) is 17.4. The molecule has 0 unspecified atom stereocenters. The number of hydrogen-bond donors (Lipinski definition) is 2. The molecule has 3 aromatic rings. The minimum Gasteiger partial charge on any atom is -0.506 e. The molecule has 0 heterocycles. The smallest absolute Gasteiger partial charge is 0.221 e. The molecule has 0 aliphatic rings. The molecule has 0 aromatic heterocycles. The summed E-state index contributed by atoms with van der Waals surface area (Å²) < 4.78 is 0. The largest absolute Gasteiger partial charge is 0.506 e. The van der Waals surface area contributed by atoms with Gasteiger partial charge in [-0.25, -0.2) is 0 Å². The Bertz CT molecular complexity index is 963. The normalized spacial score (nSPS) is 10.8. The SMILES string of the molecule is CC(=O)Nc1ccccc1-c1ccc(/N=N/c2cc(C)ccc2O)cc1. The number of aryl methyl sites for hydroxylation is 1. The molecule has 1 amide bonds. The van der Waals surface area contributed by atoms with Crippen LogP contribution in [-0.2, 0) is 4.79 Å². The van der Waals surface area contributed by atoms with Gasteiger partial charge in [-0.3, -0.25) is 4.79 Å². The maximum Gasteiger partial charge on any atom is 0.221 e. The third kappa shape index (κ3) is 4.13. The number of carbonyl (C=O) groups is 1. The lowest BCUT2D eigenvalue weighted by Crippen LogP contribution is -2.06. The van der Waals surface area contributed by atoms with Crippen molar-refractivity contribution in [3.05, 3.63) is 72.3 Å². The maximum atomic E-state index is 11.4. The molecular formula is C21H19N3O2. The van der Waals surface area contributed by atoms with Gasteiger partial charge in [0.15, 0.2) is 0 Å². The van der Waals surface area contributed by atoms with Crippen LogP contribution in [-0.4, -0.2) is 11.0 Å². The van der Waals surface area contributed by atoms with Crippen molar-refractivity contribution in [3.63, 3.8) is 0 Å². The number of nitrogens with one attached hydrogen (secondary N) is 1. The molecule has 0 aliphatic heterocycles. The zero-order valence-corrected chi connectivity index (χ0v) is 14.6. The Morgan fingerprint density at radius 2 is 1.69 bits per heavy atom. The number of phenols is 1. The summed E-state index contributed by atoms with van der Waals surface area (Å²) in [7, 11) is 0. The topological polar surface area (TPSA) is 74.0 Å². The predicted octanol–water partition coefficient (Wildman–Crippen LogP) is 5.74. The highest BCUT2D eigenvalue weighted by Gasteiger charge is 2.06. The first-order chi connectivity index (χ1) is 12.5. The number of carbonyl (C=O) groups excluding carboxylic acids is 1. The summed E-state index contributed by atoms with van der Waals surface area (Å²) in [6, 6.07) is 20.3. The average Bonchev–Trinajstić information content (AvgIpc) is 2.63. The standard InChI is InChI=1S/C21H19N3O2/c1-14-7-12-21(26)20(13-14)24-23-17-10-8-16(9-11-17)18-5-3-4-6-19(18)22-15(2)25/h3-13,26H,1-2H3,(H,22,25)/b24-23+. The Balaban J connectivity index is 1.84. The summed E-state index contributed by atoms with van der Waals surface area (Å²) in [6.45, 7) is 3.42. The molecule has 3 aromatic carbocycles. The van der Waals surface area contributed by atoms with E-state index in [1.165, 1.54) is 6.92 Å². The number of nitrogens with zero attached hydrogens (tertiary/aromatic N) is 2. The third-order valence-corrected chi connectivity index (χ3v) is 3.82. The molecule has 0 aliphatic carbocycles. The summed E-state index contributed by atoms with van der Waals surface area (Å²) in [6.07, 6.45) is 0. The van der Waals surface area contributed by atoms with Gasteiger partial charge in [0.25, 0.3) is 0 Å². The van der Waals surface area contributed by atoms with Crippen molar-refractivity contribution >= 4 is 23.0 Å². The molecule has 5 nitrogen and oxygen atoms in total. The molecule has 3 rings (SSSR count). The van der Waals surface area contributed by atoms with Crippen LogP contribution in [0, 0.1) is 6.92 Å². The number of anilines is 1. The number of phenolic OH excluding ortho intramolecular Hbond substituents is 1. The van der Waals surface area contributed by atoms with Gasteiger partial charge in [0.1, 0.15) is 11.4 Å². The summed E-state index contributed by atoms with van der Waals surface area (Å²) in [5.74, 6) is -0.0129. The van der Waals surface area contributed by atoms with Gasteiger partial charge in [-0.2, -0.15) is 5.11 Å². The number of azo groups is 1. The summed E-state index contributed by atoms with van der Waals surface area (Å²) in [5, 5.41) is 20.9. The van der Waals surface area contributed by atoms with E-state index in [9.17, 15) is 9.90 Å². The fourth-order valence-electron chi connectivity index (χ4n) is 2.57. The molecule has 0 saturated carbocycles. The lowest BCUT2D eigenvalue weighted by molar-refractivity contribution is -0.114. The fourth-order valence-corrected chi connectivity index (χ4v) is 2.57. The first-order valence-electron chi connectivity index (χ1n) is 8.21. The van der Waals surface area contributed by atoms with Crippen LogP contribution >= 0.6 is 0 Å². The van der Waals surface area contributed by atoms with Crippen molar-refractivity contribution < 1.29 is 9.90 Å². The van der Waals surface area contributed by atoms with E-state index >= 15 is 0 Å². The van der Waals surface area contributed by atoms with E-state index in [1.54, 1.807) is 12.1 Å². The zero-order valence-electron chi connectivity index (χ0n) is 14.6. The second-order valence-corrected chi connectivity index (χ2v) is 5.97. The van der Waals surface area contributed by atoms with E-state index in [1.807, 2.05) is 61.5 Å². The monoisotopic (exact) mass is 345 g/mol. The highest BCUT2D eigenvalue weighted by atomic mass is 16.3. The van der Waals surface area contributed by atoms with Gasteiger partial charge in [0, 0.05) is 18.2 Å². The molecule has 0 saturated heterocycles. The highest BCUT2D eigenvalue weighted by molar-refractivity contribution is 5.94. The average molecular weight is 345 g/mol. The van der Waals surface area contributed by atoms with Crippen molar-refractivity contribution in [1.29, 1.82) is 0 Å². The van der Waals surface area contributed by atoms with Crippen LogP contribution in [0.1, 0.15) is 12.5 Å². The van der Waals surface area contributed by atoms with E-state index in [4.69, 9.17) is 0 Å². The van der Waals surface area contributed by atoms with Crippen molar-refractivity contribution in [2.75, 3.05) is 5.32 Å². The third-order valence-electron chi connectivity index (χ3n) is 3.82. The molecule has 26 heavy (non-hydrogen) atoms. The van der Waals surface area contributed by atoms with Gasteiger partial charge >= 0.3 is 0 Å². The minimum atomic E-state index is -0.110. The molecule has 5 heteroatoms. The van der Waals surface area contributed by atoms with E-state index < -0.39 is 0 Å². The minimum absolute atomic E-state index is 0.0974. The van der Waals surface area contributed by atoms with Crippen LogP contribution in [0.5, 0.6) is 5.75 Å². The van der Waals surface area contributed by atoms with Crippen LogP contribution < -0.4 is 5.32 Å². The van der Waals surface area contributed by atoms with E-state index in [0.717, 1.165) is 22.4 Å². The zero-order chi connectivity index (χ0) is 18.5. The molecule has 130 valence electrons. The second kappa shape index (κ2) is 7.61. The Kier molecular flexibility index (Phi) is 5.08. The Morgan fingerprint density at radius 1 is 0.962 bits per heavy atom. The van der Waals surface area contributed by atoms with Gasteiger partial charge in [-0.15, -0.1) is 5.11 Å². The summed E-state index contributed by atoms with van der Waals surface area (Å²) >= 11 is 0. The van der Waals surface area contributed by atoms with Crippen molar-refractivity contribution in [3.8, 4) is 16.9 Å². The van der Waals surface area contributed by atoms with Crippen LogP contribution in [0.25, 0.3) is 11.1 Å². The van der Waals surface area contributed by atoms with Gasteiger partial charge in [0.2, 0.25) is 5.91 Å². The Hall–Kier alpha value is -3.47. The number of para-hydroxylation sites is 1. The van der Waals surface area contributed by atoms with Gasteiger partial charge in [-0.05, 0) is 48.4 Å². The first-order valence-corrected chi connectivity index (χ1v) is 8.21. The van der Waals surface area contributed by atoms with Gasteiger partial charge < -0.3 is 10.4 Å². The molecule has 0 atom stereocenters. The van der Waals surface area contributed by atoms with Crippen molar-refractivity contribution in [2.45, 2.75) is 13.8 Å². The van der Waals surface area contributed by atoms with Crippen LogP contribution in [0.15, 0.2) is 77.0 Å². The Labute approximate surface area is 152 Å². The van der Waals surface area contributed by atoms with Crippen LogP contribution in [0.4, 0.5) is 17.1 Å². The van der Waals surface area contributed by atoms with Crippen molar-refractivity contribution in [1.82, 2.24) is 0 Å². The quantitative estimate of drug-likeness (QED) is 0.592. The second-order valence-electron chi connectivity index (χ2n) is 5.97. The van der Waals surface area contributed by atoms with E-state index in [0.29, 0.717) is 11.4 Å². The number of aromatic hydroxyl groups is 1. The Morgan fingerprint density at radius 3 is 2.42 bits per heavy atom. The highest BCUT2D eigenvalue weighted by Crippen LogP contribution is 2.31.